The molecule has 1 saturated carbocycles. The lowest BCUT2D eigenvalue weighted by molar-refractivity contribution is 0.0697. The van der Waals surface area contributed by atoms with E-state index < -0.39 is 5.97 Å². The molecule has 1 heterocycles. The van der Waals surface area contributed by atoms with Gasteiger partial charge in [0.15, 0.2) is 0 Å². The maximum Gasteiger partial charge on any atom is 0.341 e. The average molecular weight is 285 g/mol. The first-order valence-corrected chi connectivity index (χ1v) is 7.17. The Hall–Kier alpha value is -2.30. The summed E-state index contributed by atoms with van der Waals surface area (Å²) in [4.78, 5) is 13.6. The monoisotopic (exact) mass is 285 g/mol. The van der Waals surface area contributed by atoms with Crippen molar-refractivity contribution in [2.24, 2.45) is 5.92 Å². The molecule has 1 N–H and O–H groups in total. The molecule has 0 bridgehead atoms. The maximum atomic E-state index is 11.6. The lowest BCUT2D eigenvalue weighted by atomic mass is 10.2. The minimum Gasteiger partial charge on any atom is -0.477 e. The summed E-state index contributed by atoms with van der Waals surface area (Å²) in [7, 11) is 1.95. The summed E-state index contributed by atoms with van der Waals surface area (Å²) in [5.41, 5.74) is 1.72. The molecule has 21 heavy (non-hydrogen) atoms. The first-order valence-electron chi connectivity index (χ1n) is 7.17. The van der Waals surface area contributed by atoms with Gasteiger partial charge in [-0.3, -0.25) is 0 Å². The van der Waals surface area contributed by atoms with Gasteiger partial charge in [0, 0.05) is 13.6 Å². The molecule has 1 fully saturated rings. The molecule has 5 nitrogen and oxygen atoms in total. The van der Waals surface area contributed by atoms with E-state index in [1.807, 2.05) is 42.3 Å². The molecule has 0 unspecified atom stereocenters. The van der Waals surface area contributed by atoms with Crippen LogP contribution in [0.1, 0.15) is 28.9 Å². The highest BCUT2D eigenvalue weighted by atomic mass is 16.4. The smallest absolute Gasteiger partial charge is 0.341 e. The Balaban J connectivity index is 2.10. The van der Waals surface area contributed by atoms with Gasteiger partial charge in [0.25, 0.3) is 0 Å². The van der Waals surface area contributed by atoms with E-state index in [1.54, 1.807) is 11.6 Å². The number of anilines is 1. The van der Waals surface area contributed by atoms with Crippen LogP contribution in [0.5, 0.6) is 0 Å². The molecule has 5 heteroatoms. The van der Waals surface area contributed by atoms with Crippen LogP contribution in [0, 0.1) is 12.8 Å². The SMILES string of the molecule is Cc1nn(-c2ccccc2)c(N(C)CC2CC2)c1C(=O)O. The van der Waals surface area contributed by atoms with E-state index in [0.29, 0.717) is 23.0 Å². The molecule has 2 aromatic rings. The Bertz CT molecular complexity index is 660. The lowest BCUT2D eigenvalue weighted by Crippen LogP contribution is -2.25. The molecular weight excluding hydrogens is 266 g/mol. The van der Waals surface area contributed by atoms with E-state index in [9.17, 15) is 9.90 Å². The van der Waals surface area contributed by atoms with E-state index in [-0.39, 0.29) is 0 Å². The van der Waals surface area contributed by atoms with Crippen LogP contribution in [-0.4, -0.2) is 34.4 Å². The van der Waals surface area contributed by atoms with Crippen molar-refractivity contribution in [1.29, 1.82) is 0 Å². The van der Waals surface area contributed by atoms with Crippen molar-refractivity contribution >= 4 is 11.8 Å². The number of aromatic nitrogens is 2. The lowest BCUT2D eigenvalue weighted by Gasteiger charge is -2.21. The Morgan fingerprint density at radius 3 is 2.62 bits per heavy atom. The van der Waals surface area contributed by atoms with Gasteiger partial charge in [0.1, 0.15) is 11.4 Å². The summed E-state index contributed by atoms with van der Waals surface area (Å²) >= 11 is 0. The fraction of sp³-hybridized carbons (Fsp3) is 0.375. The van der Waals surface area contributed by atoms with Crippen LogP contribution in [0.2, 0.25) is 0 Å². The average Bonchev–Trinajstić information content (AvgIpc) is 3.19. The third-order valence-corrected chi connectivity index (χ3v) is 3.84. The molecule has 0 aliphatic heterocycles. The second-order valence-electron chi connectivity index (χ2n) is 5.66. The summed E-state index contributed by atoms with van der Waals surface area (Å²) in [6.07, 6.45) is 2.45. The molecule has 1 aliphatic rings. The molecular formula is C16H19N3O2. The van der Waals surface area contributed by atoms with Gasteiger partial charge >= 0.3 is 5.97 Å². The van der Waals surface area contributed by atoms with E-state index in [1.165, 1.54) is 12.8 Å². The molecule has 0 amide bonds. The zero-order valence-corrected chi connectivity index (χ0v) is 12.3. The largest absolute Gasteiger partial charge is 0.477 e. The van der Waals surface area contributed by atoms with E-state index in [4.69, 9.17) is 0 Å². The number of aromatic carboxylic acids is 1. The van der Waals surface area contributed by atoms with Gasteiger partial charge in [-0.2, -0.15) is 5.10 Å². The van der Waals surface area contributed by atoms with Crippen LogP contribution in [-0.2, 0) is 0 Å². The Morgan fingerprint density at radius 1 is 1.38 bits per heavy atom. The molecule has 0 radical (unpaired) electrons. The summed E-state index contributed by atoms with van der Waals surface area (Å²) in [5.74, 6) is 0.418. The molecule has 1 aromatic carbocycles. The summed E-state index contributed by atoms with van der Waals surface area (Å²) in [5, 5.41) is 14.0. The molecule has 1 aromatic heterocycles. The van der Waals surface area contributed by atoms with Gasteiger partial charge in [-0.1, -0.05) is 18.2 Å². The van der Waals surface area contributed by atoms with E-state index >= 15 is 0 Å². The summed E-state index contributed by atoms with van der Waals surface area (Å²) in [6, 6.07) is 9.67. The van der Waals surface area contributed by atoms with Gasteiger partial charge in [0.05, 0.1) is 11.4 Å². The number of rotatable bonds is 5. The second kappa shape index (κ2) is 5.24. The molecule has 0 saturated heterocycles. The van der Waals surface area contributed by atoms with Crippen molar-refractivity contribution in [3.63, 3.8) is 0 Å². The molecule has 0 spiro atoms. The van der Waals surface area contributed by atoms with Crippen LogP contribution in [0.15, 0.2) is 30.3 Å². The highest BCUT2D eigenvalue weighted by Crippen LogP contribution is 2.33. The topological polar surface area (TPSA) is 58.4 Å². The first kappa shape index (κ1) is 13.7. The number of hydrogen-bond acceptors (Lipinski definition) is 3. The highest BCUT2D eigenvalue weighted by Gasteiger charge is 2.29. The number of carboxylic acids is 1. The molecule has 0 atom stereocenters. The predicted octanol–water partition coefficient (Wildman–Crippen LogP) is 2.73. The third-order valence-electron chi connectivity index (χ3n) is 3.84. The first-order chi connectivity index (χ1) is 10.1. The quantitative estimate of drug-likeness (QED) is 0.917. The van der Waals surface area contributed by atoms with E-state index in [2.05, 4.69) is 5.10 Å². The second-order valence-corrected chi connectivity index (χ2v) is 5.66. The number of nitrogens with zero attached hydrogens (tertiary/aromatic N) is 3. The molecule has 110 valence electrons. The van der Waals surface area contributed by atoms with Gasteiger partial charge < -0.3 is 10.0 Å². The van der Waals surface area contributed by atoms with Gasteiger partial charge in [-0.25, -0.2) is 9.48 Å². The van der Waals surface area contributed by atoms with Crippen LogP contribution in [0.4, 0.5) is 5.82 Å². The van der Waals surface area contributed by atoms with Gasteiger partial charge in [0.2, 0.25) is 0 Å². The highest BCUT2D eigenvalue weighted by molar-refractivity contribution is 5.95. The standard InChI is InChI=1S/C16H19N3O2/c1-11-14(16(20)21)15(18(2)10-12-8-9-12)19(17-11)13-6-4-3-5-7-13/h3-7,12H,8-10H2,1-2H3,(H,20,21). The molecule has 1 aliphatic carbocycles. The predicted molar refractivity (Wildman–Crippen MR) is 81.3 cm³/mol. The zero-order valence-electron chi connectivity index (χ0n) is 12.3. The van der Waals surface area contributed by atoms with Gasteiger partial charge in [-0.05, 0) is 37.8 Å². The summed E-state index contributed by atoms with van der Waals surface area (Å²) < 4.78 is 1.74. The number of carbonyl (C=O) groups is 1. The normalized spacial score (nSPS) is 14.2. The van der Waals surface area contributed by atoms with Crippen molar-refractivity contribution in [2.75, 3.05) is 18.5 Å². The van der Waals surface area contributed by atoms with Crippen LogP contribution >= 0.6 is 0 Å². The fourth-order valence-corrected chi connectivity index (χ4v) is 2.64. The minimum absolute atomic E-state index is 0.294. The fourth-order valence-electron chi connectivity index (χ4n) is 2.64. The van der Waals surface area contributed by atoms with Crippen molar-refractivity contribution in [3.8, 4) is 5.69 Å². The summed E-state index contributed by atoms with van der Waals surface area (Å²) in [6.45, 7) is 2.62. The zero-order chi connectivity index (χ0) is 15.0. The van der Waals surface area contributed by atoms with Crippen LogP contribution in [0.25, 0.3) is 5.69 Å². The van der Waals surface area contributed by atoms with Crippen LogP contribution in [0.3, 0.4) is 0 Å². The maximum absolute atomic E-state index is 11.6. The number of hydrogen-bond donors (Lipinski definition) is 1. The Labute approximate surface area is 123 Å². The number of para-hydroxylation sites is 1. The van der Waals surface area contributed by atoms with Crippen molar-refractivity contribution in [2.45, 2.75) is 19.8 Å². The molecule has 3 rings (SSSR count). The minimum atomic E-state index is -0.924. The van der Waals surface area contributed by atoms with Crippen molar-refractivity contribution in [3.05, 3.63) is 41.6 Å². The number of carboxylic acid groups (broad SMARTS) is 1. The third kappa shape index (κ3) is 2.63. The van der Waals surface area contributed by atoms with Crippen LogP contribution < -0.4 is 4.90 Å². The number of aryl methyl sites for hydroxylation is 1. The Morgan fingerprint density at radius 2 is 2.05 bits per heavy atom. The van der Waals surface area contributed by atoms with Gasteiger partial charge in [-0.15, -0.1) is 0 Å². The number of benzene rings is 1. The van der Waals surface area contributed by atoms with Crippen molar-refractivity contribution in [1.82, 2.24) is 9.78 Å². The van der Waals surface area contributed by atoms with E-state index in [0.717, 1.165) is 12.2 Å². The van der Waals surface area contributed by atoms with Crippen molar-refractivity contribution < 1.29 is 9.90 Å². The Kier molecular flexibility index (Phi) is 3.41.